The predicted molar refractivity (Wildman–Crippen MR) is 112 cm³/mol. The van der Waals surface area contributed by atoms with Crippen LogP contribution in [0.15, 0.2) is 60.9 Å². The molecule has 27 heavy (non-hydrogen) atoms. The Labute approximate surface area is 162 Å². The molecule has 0 aliphatic heterocycles. The van der Waals surface area contributed by atoms with Gasteiger partial charge in [-0.2, -0.15) is 0 Å². The minimum Gasteiger partial charge on any atom is -0.345 e. The molecule has 1 saturated carbocycles. The summed E-state index contributed by atoms with van der Waals surface area (Å²) in [6, 6.07) is 19.1. The monoisotopic (exact) mass is 374 g/mol. The first kappa shape index (κ1) is 16.7. The van der Waals surface area contributed by atoms with Crippen molar-refractivity contribution >= 4 is 22.4 Å². The molecule has 5 heteroatoms. The summed E-state index contributed by atoms with van der Waals surface area (Å²) in [5.41, 5.74) is 17.3. The van der Waals surface area contributed by atoms with Gasteiger partial charge in [-0.05, 0) is 59.7 Å². The van der Waals surface area contributed by atoms with Gasteiger partial charge < -0.3 is 16.5 Å². The molecule has 0 amide bonds. The number of aromatic nitrogens is 2. The standard InChI is InChI=1S/C22H22N4S/c23-12-22(24,17-7-8-18-19(11-17)26-13-25-18)16-5-3-15(4-6-16)21-10-9-20(27-21)14-1-2-14/h3-11,13-14H,1-2,12,23-24H2,(H,25,26). The molecule has 2 aromatic carbocycles. The van der Waals surface area contributed by atoms with Gasteiger partial charge in [-0.3, -0.25) is 0 Å². The third-order valence-corrected chi connectivity index (χ3v) is 6.85. The first-order valence-corrected chi connectivity index (χ1v) is 10.1. The number of aromatic amines is 1. The van der Waals surface area contributed by atoms with Crippen molar-refractivity contribution in [2.75, 3.05) is 6.54 Å². The number of nitrogens with zero attached hydrogens (tertiary/aromatic N) is 1. The molecular weight excluding hydrogens is 352 g/mol. The van der Waals surface area contributed by atoms with Crippen LogP contribution in [0.5, 0.6) is 0 Å². The summed E-state index contributed by atoms with van der Waals surface area (Å²) in [6.45, 7) is 0.330. The van der Waals surface area contributed by atoms with Gasteiger partial charge >= 0.3 is 0 Å². The van der Waals surface area contributed by atoms with Crippen molar-refractivity contribution in [2.24, 2.45) is 11.5 Å². The summed E-state index contributed by atoms with van der Waals surface area (Å²) in [6.07, 6.45) is 4.37. The van der Waals surface area contributed by atoms with Crippen LogP contribution in [0, 0.1) is 0 Å². The third-order valence-electron chi connectivity index (χ3n) is 5.55. The molecule has 1 aliphatic carbocycles. The maximum Gasteiger partial charge on any atom is 0.0931 e. The normalized spacial score (nSPS) is 16.5. The predicted octanol–water partition coefficient (Wildman–Crippen LogP) is 4.33. The first-order valence-electron chi connectivity index (χ1n) is 9.30. The number of nitrogens with two attached hydrogens (primary N) is 2. The van der Waals surface area contributed by atoms with E-state index >= 15 is 0 Å². The van der Waals surface area contributed by atoms with Gasteiger partial charge in [0.25, 0.3) is 0 Å². The number of nitrogens with one attached hydrogen (secondary N) is 1. The quantitative estimate of drug-likeness (QED) is 0.486. The van der Waals surface area contributed by atoms with E-state index in [0.717, 1.165) is 28.1 Å². The average molecular weight is 375 g/mol. The zero-order valence-corrected chi connectivity index (χ0v) is 15.8. The van der Waals surface area contributed by atoms with Crippen LogP contribution in [0.4, 0.5) is 0 Å². The Bertz CT molecular complexity index is 1090. The van der Waals surface area contributed by atoms with Crippen LogP contribution in [-0.4, -0.2) is 16.5 Å². The lowest BCUT2D eigenvalue weighted by Crippen LogP contribution is -2.45. The van der Waals surface area contributed by atoms with E-state index in [-0.39, 0.29) is 0 Å². The van der Waals surface area contributed by atoms with Crippen molar-refractivity contribution in [2.45, 2.75) is 24.3 Å². The van der Waals surface area contributed by atoms with Crippen LogP contribution in [-0.2, 0) is 5.54 Å². The second-order valence-corrected chi connectivity index (χ2v) is 8.48. The largest absolute Gasteiger partial charge is 0.345 e. The molecule has 1 fully saturated rings. The minimum atomic E-state index is -0.730. The molecule has 136 valence electrons. The molecule has 2 aromatic heterocycles. The highest BCUT2D eigenvalue weighted by molar-refractivity contribution is 7.15. The fourth-order valence-electron chi connectivity index (χ4n) is 3.64. The number of hydrogen-bond donors (Lipinski definition) is 3. The lowest BCUT2D eigenvalue weighted by molar-refractivity contribution is 0.552. The molecule has 1 aliphatic rings. The fraction of sp³-hybridized carbons (Fsp3) is 0.227. The molecule has 0 saturated heterocycles. The van der Waals surface area contributed by atoms with Crippen LogP contribution in [0.25, 0.3) is 21.5 Å². The number of hydrogen-bond acceptors (Lipinski definition) is 4. The summed E-state index contributed by atoms with van der Waals surface area (Å²) >= 11 is 1.91. The van der Waals surface area contributed by atoms with Crippen LogP contribution in [0.1, 0.15) is 34.8 Å². The second-order valence-electron chi connectivity index (χ2n) is 7.36. The lowest BCUT2D eigenvalue weighted by atomic mass is 9.83. The van der Waals surface area contributed by atoms with Gasteiger partial charge in [0.1, 0.15) is 0 Å². The van der Waals surface area contributed by atoms with Gasteiger partial charge in [-0.25, -0.2) is 4.98 Å². The van der Waals surface area contributed by atoms with Crippen LogP contribution in [0.3, 0.4) is 0 Å². The zero-order valence-electron chi connectivity index (χ0n) is 15.0. The molecule has 0 bridgehead atoms. The van der Waals surface area contributed by atoms with Gasteiger partial charge in [0, 0.05) is 16.3 Å². The molecule has 5 N–H and O–H groups in total. The topological polar surface area (TPSA) is 80.7 Å². The Kier molecular flexibility index (Phi) is 3.90. The molecule has 0 radical (unpaired) electrons. The Morgan fingerprint density at radius 2 is 1.81 bits per heavy atom. The Hall–Kier alpha value is -2.47. The lowest BCUT2D eigenvalue weighted by Gasteiger charge is -2.29. The van der Waals surface area contributed by atoms with Gasteiger partial charge in [-0.15, -0.1) is 11.3 Å². The van der Waals surface area contributed by atoms with Crippen molar-refractivity contribution < 1.29 is 0 Å². The fourth-order valence-corrected chi connectivity index (χ4v) is 4.83. The first-order chi connectivity index (χ1) is 13.2. The van der Waals surface area contributed by atoms with Gasteiger partial charge in [0.15, 0.2) is 0 Å². The highest BCUT2D eigenvalue weighted by Crippen LogP contribution is 2.45. The molecule has 1 atom stereocenters. The summed E-state index contributed by atoms with van der Waals surface area (Å²) < 4.78 is 0. The number of benzene rings is 2. The van der Waals surface area contributed by atoms with Gasteiger partial charge in [-0.1, -0.05) is 30.3 Å². The van der Waals surface area contributed by atoms with Crippen molar-refractivity contribution in [1.29, 1.82) is 0 Å². The number of H-pyrrole nitrogens is 1. The SMILES string of the molecule is NCC(N)(c1ccc(-c2ccc(C3CC3)s2)cc1)c1ccc2nc[nH]c2c1. The highest BCUT2D eigenvalue weighted by Gasteiger charge is 2.29. The Balaban J connectivity index is 1.49. The maximum atomic E-state index is 6.78. The molecule has 5 rings (SSSR count). The third kappa shape index (κ3) is 2.88. The zero-order chi connectivity index (χ0) is 18.4. The van der Waals surface area contributed by atoms with Crippen LogP contribution in [0.2, 0.25) is 0 Å². The Morgan fingerprint density at radius 3 is 2.56 bits per heavy atom. The minimum absolute atomic E-state index is 0.330. The number of rotatable bonds is 5. The molecule has 0 spiro atoms. The smallest absolute Gasteiger partial charge is 0.0931 e. The van der Waals surface area contributed by atoms with Crippen molar-refractivity contribution in [1.82, 2.24) is 9.97 Å². The molecule has 4 aromatic rings. The number of imidazole rings is 1. The van der Waals surface area contributed by atoms with Gasteiger partial charge in [0.05, 0.1) is 22.9 Å². The van der Waals surface area contributed by atoms with Crippen molar-refractivity contribution in [3.05, 3.63) is 76.9 Å². The van der Waals surface area contributed by atoms with E-state index < -0.39 is 5.54 Å². The summed E-state index contributed by atoms with van der Waals surface area (Å²) in [5, 5.41) is 0. The molecular formula is C22H22N4S. The van der Waals surface area contributed by atoms with E-state index in [1.54, 1.807) is 6.33 Å². The van der Waals surface area contributed by atoms with Crippen molar-refractivity contribution in [3.63, 3.8) is 0 Å². The number of thiophene rings is 1. The second kappa shape index (κ2) is 6.30. The number of fused-ring (bicyclic) bond motifs is 1. The Morgan fingerprint density at radius 1 is 1.04 bits per heavy atom. The average Bonchev–Trinajstić information content (AvgIpc) is 3.26. The van der Waals surface area contributed by atoms with E-state index in [1.165, 1.54) is 28.2 Å². The van der Waals surface area contributed by atoms with E-state index in [0.29, 0.717) is 6.54 Å². The van der Waals surface area contributed by atoms with E-state index in [9.17, 15) is 0 Å². The molecule has 1 unspecified atom stereocenters. The van der Waals surface area contributed by atoms with Crippen LogP contribution < -0.4 is 11.5 Å². The van der Waals surface area contributed by atoms with E-state index in [1.807, 2.05) is 29.5 Å². The van der Waals surface area contributed by atoms with Crippen LogP contribution >= 0.6 is 11.3 Å². The molecule has 2 heterocycles. The molecule has 4 nitrogen and oxygen atoms in total. The van der Waals surface area contributed by atoms with E-state index in [2.05, 4.69) is 46.4 Å². The summed E-state index contributed by atoms with van der Waals surface area (Å²) in [7, 11) is 0. The summed E-state index contributed by atoms with van der Waals surface area (Å²) in [5.74, 6) is 0.800. The highest BCUT2D eigenvalue weighted by atomic mass is 32.1. The van der Waals surface area contributed by atoms with Crippen molar-refractivity contribution in [3.8, 4) is 10.4 Å². The van der Waals surface area contributed by atoms with E-state index in [4.69, 9.17) is 11.5 Å². The maximum absolute atomic E-state index is 6.78. The summed E-state index contributed by atoms with van der Waals surface area (Å²) in [4.78, 5) is 10.3. The van der Waals surface area contributed by atoms with Gasteiger partial charge in [0.2, 0.25) is 0 Å².